The lowest BCUT2D eigenvalue weighted by atomic mass is 9.88. The largest absolute Gasteiger partial charge is 0.385 e. The SMILES string of the molecule is CN1C(=O)C[C@H](c2ccccc2)[C@@H]1[C@H](O)c1ccc(-c2ccc(C#N)cc2)s1. The Bertz CT molecular complexity index is 1020. The topological polar surface area (TPSA) is 64.3 Å². The highest BCUT2D eigenvalue weighted by atomic mass is 32.1. The Kier molecular flexibility index (Phi) is 4.99. The zero-order chi connectivity index (χ0) is 19.7. The minimum Gasteiger partial charge on any atom is -0.385 e. The normalized spacial score (nSPS) is 20.2. The Morgan fingerprint density at radius 3 is 2.50 bits per heavy atom. The van der Waals surface area contributed by atoms with Crippen molar-refractivity contribution in [1.29, 1.82) is 5.26 Å². The van der Waals surface area contributed by atoms with Crippen LogP contribution in [-0.2, 0) is 4.79 Å². The van der Waals surface area contributed by atoms with E-state index in [0.717, 1.165) is 20.9 Å². The number of nitrogens with zero attached hydrogens (tertiary/aromatic N) is 2. The molecule has 1 N–H and O–H groups in total. The third-order valence-electron chi connectivity index (χ3n) is 5.42. The van der Waals surface area contributed by atoms with Gasteiger partial charge in [-0.05, 0) is 35.4 Å². The van der Waals surface area contributed by atoms with Crippen molar-refractivity contribution in [3.8, 4) is 16.5 Å². The van der Waals surface area contributed by atoms with Gasteiger partial charge in [0.15, 0.2) is 0 Å². The molecule has 140 valence electrons. The third kappa shape index (κ3) is 3.33. The van der Waals surface area contributed by atoms with Crippen LogP contribution < -0.4 is 0 Å². The number of benzene rings is 2. The van der Waals surface area contributed by atoms with Crippen LogP contribution >= 0.6 is 11.3 Å². The fourth-order valence-electron chi connectivity index (χ4n) is 3.88. The highest BCUT2D eigenvalue weighted by molar-refractivity contribution is 7.15. The maximum atomic E-state index is 12.4. The van der Waals surface area contributed by atoms with E-state index in [9.17, 15) is 9.90 Å². The first kappa shape index (κ1) is 18.4. The van der Waals surface area contributed by atoms with Gasteiger partial charge in [0.25, 0.3) is 0 Å². The Morgan fingerprint density at radius 2 is 1.82 bits per heavy atom. The van der Waals surface area contributed by atoms with Crippen LogP contribution in [0.2, 0.25) is 0 Å². The molecule has 4 nitrogen and oxygen atoms in total. The van der Waals surface area contributed by atoms with Gasteiger partial charge >= 0.3 is 0 Å². The summed E-state index contributed by atoms with van der Waals surface area (Å²) in [6, 6.07) is 23.1. The first-order valence-electron chi connectivity index (χ1n) is 9.17. The molecule has 0 bridgehead atoms. The molecule has 1 aliphatic heterocycles. The number of aliphatic hydroxyl groups excluding tert-OH is 1. The maximum Gasteiger partial charge on any atom is 0.223 e. The summed E-state index contributed by atoms with van der Waals surface area (Å²) in [6.07, 6.45) is -0.338. The lowest BCUT2D eigenvalue weighted by Gasteiger charge is -2.29. The Balaban J connectivity index is 1.62. The number of rotatable bonds is 4. The molecule has 2 heterocycles. The maximum absolute atomic E-state index is 12.4. The molecular weight excluding hydrogens is 368 g/mol. The lowest BCUT2D eigenvalue weighted by molar-refractivity contribution is -0.128. The van der Waals surface area contributed by atoms with Crippen molar-refractivity contribution < 1.29 is 9.90 Å². The summed E-state index contributed by atoms with van der Waals surface area (Å²) < 4.78 is 0. The number of aliphatic hydroxyl groups is 1. The highest BCUT2D eigenvalue weighted by Gasteiger charge is 2.43. The van der Waals surface area contributed by atoms with Crippen molar-refractivity contribution in [1.82, 2.24) is 4.90 Å². The number of hydrogen-bond acceptors (Lipinski definition) is 4. The molecule has 28 heavy (non-hydrogen) atoms. The molecule has 1 fully saturated rings. The van der Waals surface area contributed by atoms with Gasteiger partial charge < -0.3 is 10.0 Å². The van der Waals surface area contributed by atoms with Crippen LogP contribution in [0.3, 0.4) is 0 Å². The van der Waals surface area contributed by atoms with Gasteiger partial charge in [-0.3, -0.25) is 4.79 Å². The van der Waals surface area contributed by atoms with Crippen molar-refractivity contribution in [2.75, 3.05) is 7.05 Å². The predicted octanol–water partition coefficient (Wildman–Crippen LogP) is 4.33. The summed E-state index contributed by atoms with van der Waals surface area (Å²) in [5, 5.41) is 20.1. The predicted molar refractivity (Wildman–Crippen MR) is 110 cm³/mol. The fraction of sp³-hybridized carbons (Fsp3) is 0.217. The third-order valence-corrected chi connectivity index (χ3v) is 6.62. The van der Waals surface area contributed by atoms with Crippen LogP contribution in [0.15, 0.2) is 66.7 Å². The Labute approximate surface area is 168 Å². The van der Waals surface area contributed by atoms with E-state index in [2.05, 4.69) is 6.07 Å². The molecule has 1 saturated heterocycles. The first-order chi connectivity index (χ1) is 13.6. The second-order valence-corrected chi connectivity index (χ2v) is 8.17. The van der Waals surface area contributed by atoms with Crippen molar-refractivity contribution in [3.05, 3.63) is 82.7 Å². The van der Waals surface area contributed by atoms with Crippen molar-refractivity contribution in [3.63, 3.8) is 0 Å². The average Bonchev–Trinajstić information content (AvgIpc) is 3.34. The first-order valence-corrected chi connectivity index (χ1v) is 9.99. The second kappa shape index (κ2) is 7.59. The molecule has 0 saturated carbocycles. The zero-order valence-electron chi connectivity index (χ0n) is 15.4. The standard InChI is InChI=1S/C23H20N2O2S/c1-25-21(26)13-18(16-5-3-2-4-6-16)22(25)23(27)20-12-11-19(28-20)17-9-7-15(14-24)8-10-17/h2-12,18,22-23,27H,13H2,1H3/t18-,22-,23-/m1/s1. The van der Waals surface area contributed by atoms with Crippen molar-refractivity contribution in [2.45, 2.75) is 24.5 Å². The molecule has 0 spiro atoms. The molecule has 0 radical (unpaired) electrons. The number of thiophene rings is 1. The van der Waals surface area contributed by atoms with Gasteiger partial charge in [-0.25, -0.2) is 0 Å². The van der Waals surface area contributed by atoms with Gasteiger partial charge in [0.2, 0.25) is 5.91 Å². The van der Waals surface area contributed by atoms with Crippen molar-refractivity contribution in [2.24, 2.45) is 0 Å². The van der Waals surface area contributed by atoms with Gasteiger partial charge in [-0.2, -0.15) is 5.26 Å². The van der Waals surface area contributed by atoms with Crippen LogP contribution in [0.4, 0.5) is 0 Å². The molecule has 3 aromatic rings. The molecule has 2 aromatic carbocycles. The number of amides is 1. The molecule has 0 aliphatic carbocycles. The molecular formula is C23H20N2O2S. The highest BCUT2D eigenvalue weighted by Crippen LogP contribution is 2.42. The van der Waals surface area contributed by atoms with E-state index in [0.29, 0.717) is 12.0 Å². The summed E-state index contributed by atoms with van der Waals surface area (Å²) >= 11 is 1.52. The van der Waals surface area contributed by atoms with Gasteiger partial charge in [-0.15, -0.1) is 11.3 Å². The summed E-state index contributed by atoms with van der Waals surface area (Å²) in [5.41, 5.74) is 2.71. The summed E-state index contributed by atoms with van der Waals surface area (Å²) in [7, 11) is 1.77. The molecule has 1 aliphatic rings. The van der Waals surface area contributed by atoms with E-state index < -0.39 is 6.10 Å². The second-order valence-electron chi connectivity index (χ2n) is 7.05. The van der Waals surface area contributed by atoms with Crippen LogP contribution in [0, 0.1) is 11.3 Å². The number of carbonyl (C=O) groups excluding carboxylic acids is 1. The summed E-state index contributed by atoms with van der Waals surface area (Å²) in [6.45, 7) is 0. The van der Waals surface area contributed by atoms with Crippen LogP contribution in [0.25, 0.3) is 10.4 Å². The summed E-state index contributed by atoms with van der Waals surface area (Å²) in [5.74, 6) is 0.0240. The van der Waals surface area contributed by atoms with E-state index in [1.165, 1.54) is 11.3 Å². The van der Waals surface area contributed by atoms with E-state index >= 15 is 0 Å². The Morgan fingerprint density at radius 1 is 1.11 bits per heavy atom. The smallest absolute Gasteiger partial charge is 0.223 e. The number of likely N-dealkylation sites (N-methyl/N-ethyl adjacent to an activating group) is 1. The van der Waals surface area contributed by atoms with Crippen molar-refractivity contribution >= 4 is 17.2 Å². The summed E-state index contributed by atoms with van der Waals surface area (Å²) in [4.78, 5) is 15.9. The average molecular weight is 388 g/mol. The van der Waals surface area contributed by atoms with Crippen LogP contribution in [-0.4, -0.2) is 29.0 Å². The quantitative estimate of drug-likeness (QED) is 0.723. The number of likely N-dealkylation sites (tertiary alicyclic amines) is 1. The monoisotopic (exact) mass is 388 g/mol. The van der Waals surface area contributed by atoms with Crippen LogP contribution in [0.5, 0.6) is 0 Å². The molecule has 5 heteroatoms. The molecule has 0 unspecified atom stereocenters. The number of hydrogen-bond donors (Lipinski definition) is 1. The van der Waals surface area contributed by atoms with Gasteiger partial charge in [0, 0.05) is 29.1 Å². The molecule has 3 atom stereocenters. The zero-order valence-corrected chi connectivity index (χ0v) is 16.3. The molecule has 1 aromatic heterocycles. The van der Waals surface area contributed by atoms with Crippen LogP contribution in [0.1, 0.15) is 34.4 Å². The van der Waals surface area contributed by atoms with Gasteiger partial charge in [0.05, 0.1) is 17.7 Å². The number of nitriles is 1. The molecule has 1 amide bonds. The fourth-order valence-corrected chi connectivity index (χ4v) is 4.92. The van der Waals surface area contributed by atoms with Gasteiger partial charge in [-0.1, -0.05) is 42.5 Å². The minimum atomic E-state index is -0.751. The van der Waals surface area contributed by atoms with E-state index in [1.54, 1.807) is 24.1 Å². The van der Waals surface area contributed by atoms with E-state index in [1.807, 2.05) is 54.6 Å². The minimum absolute atomic E-state index is 0.0332. The number of carbonyl (C=O) groups is 1. The van der Waals surface area contributed by atoms with Gasteiger partial charge in [0.1, 0.15) is 6.10 Å². The Hall–Kier alpha value is -2.94. The van der Waals surface area contributed by atoms with E-state index in [4.69, 9.17) is 5.26 Å². The van der Waals surface area contributed by atoms with E-state index in [-0.39, 0.29) is 17.9 Å². The molecule has 4 rings (SSSR count). The lowest BCUT2D eigenvalue weighted by Crippen LogP contribution is -2.36.